The molecular formula is C26H28ClN5O2. The minimum absolute atomic E-state index is 0.240. The van der Waals surface area contributed by atoms with Gasteiger partial charge in [-0.1, -0.05) is 48.0 Å². The van der Waals surface area contributed by atoms with Gasteiger partial charge < -0.3 is 10.2 Å². The van der Waals surface area contributed by atoms with Gasteiger partial charge in [0.05, 0.1) is 5.56 Å². The monoisotopic (exact) mass is 477 g/mol. The van der Waals surface area contributed by atoms with Crippen molar-refractivity contribution in [3.63, 3.8) is 0 Å². The van der Waals surface area contributed by atoms with E-state index in [2.05, 4.69) is 56.6 Å². The molecule has 2 fully saturated rings. The number of anilines is 1. The van der Waals surface area contributed by atoms with Crippen LogP contribution in [-0.2, 0) is 0 Å². The van der Waals surface area contributed by atoms with Crippen molar-refractivity contribution in [3.05, 3.63) is 77.1 Å². The fourth-order valence-corrected chi connectivity index (χ4v) is 4.80. The Bertz CT molecular complexity index is 1110. The summed E-state index contributed by atoms with van der Waals surface area (Å²) in [7, 11) is 0. The lowest BCUT2D eigenvalue weighted by atomic mass is 9.97. The summed E-state index contributed by atoms with van der Waals surface area (Å²) in [6.07, 6.45) is 6.25. The normalized spacial score (nSPS) is 20.2. The van der Waals surface area contributed by atoms with Gasteiger partial charge in [0.25, 0.3) is 5.91 Å². The first-order valence-corrected chi connectivity index (χ1v) is 12.1. The van der Waals surface area contributed by atoms with E-state index in [1.807, 2.05) is 12.1 Å². The minimum atomic E-state index is -0.604. The average Bonchev–Trinajstić information content (AvgIpc) is 3.68. The van der Waals surface area contributed by atoms with Gasteiger partial charge in [-0.25, -0.2) is 15.4 Å². The van der Waals surface area contributed by atoms with E-state index in [0.29, 0.717) is 23.8 Å². The van der Waals surface area contributed by atoms with Crippen molar-refractivity contribution in [3.8, 4) is 11.1 Å². The molecule has 1 aliphatic carbocycles. The Morgan fingerprint density at radius 1 is 1.00 bits per heavy atom. The van der Waals surface area contributed by atoms with Crippen LogP contribution in [0.5, 0.6) is 0 Å². The SMILES string of the molecule is O=C(NO)c1cnc(N2CCC(CNC3CC3c3ccc(-c4ccc(Cl)cc4)cc3)CC2)nc1. The molecule has 2 aliphatic rings. The summed E-state index contributed by atoms with van der Waals surface area (Å²) >= 11 is 6.00. The van der Waals surface area contributed by atoms with E-state index in [1.54, 1.807) is 5.48 Å². The first-order valence-electron chi connectivity index (χ1n) is 11.7. The van der Waals surface area contributed by atoms with Gasteiger partial charge in [0.1, 0.15) is 0 Å². The Morgan fingerprint density at radius 2 is 1.62 bits per heavy atom. The number of nitrogens with one attached hydrogen (secondary N) is 2. The molecule has 1 aromatic heterocycles. The summed E-state index contributed by atoms with van der Waals surface area (Å²) < 4.78 is 0. The molecule has 0 spiro atoms. The summed E-state index contributed by atoms with van der Waals surface area (Å²) in [6, 6.07) is 17.4. The van der Waals surface area contributed by atoms with Gasteiger partial charge in [-0.05, 0) is 60.5 Å². The maximum Gasteiger partial charge on any atom is 0.277 e. The van der Waals surface area contributed by atoms with E-state index < -0.39 is 5.91 Å². The minimum Gasteiger partial charge on any atom is -0.341 e. The standard InChI is InChI=1S/C26H28ClN5O2/c27-22-7-5-19(6-8-22)18-1-3-20(4-2-18)23-13-24(23)28-14-17-9-11-32(12-10-17)26-29-15-21(16-30-26)25(33)31-34/h1-8,15-17,23-24,28,34H,9-14H2,(H,31,33). The molecule has 1 amide bonds. The van der Waals surface area contributed by atoms with Gasteiger partial charge in [0.15, 0.2) is 0 Å². The highest BCUT2D eigenvalue weighted by atomic mass is 35.5. The molecule has 3 aromatic rings. The van der Waals surface area contributed by atoms with Crippen molar-refractivity contribution in [2.24, 2.45) is 5.92 Å². The Morgan fingerprint density at radius 3 is 2.24 bits per heavy atom. The Hall–Kier alpha value is -3.00. The Labute approximate surface area is 204 Å². The maximum atomic E-state index is 11.4. The van der Waals surface area contributed by atoms with Crippen molar-refractivity contribution in [1.82, 2.24) is 20.8 Å². The van der Waals surface area contributed by atoms with Crippen LogP contribution in [0.15, 0.2) is 60.9 Å². The smallest absolute Gasteiger partial charge is 0.277 e. The van der Waals surface area contributed by atoms with E-state index in [9.17, 15) is 4.79 Å². The zero-order valence-corrected chi connectivity index (χ0v) is 19.6. The molecule has 8 heteroatoms. The molecule has 1 saturated carbocycles. The van der Waals surface area contributed by atoms with Crippen molar-refractivity contribution in [2.75, 3.05) is 24.5 Å². The van der Waals surface area contributed by atoms with Crippen LogP contribution in [-0.4, -0.2) is 46.8 Å². The number of hydrogen-bond donors (Lipinski definition) is 3. The molecule has 0 radical (unpaired) electrons. The number of hydroxylamine groups is 1. The number of halogens is 1. The van der Waals surface area contributed by atoms with Crippen LogP contribution >= 0.6 is 11.6 Å². The largest absolute Gasteiger partial charge is 0.341 e. The van der Waals surface area contributed by atoms with E-state index in [4.69, 9.17) is 16.8 Å². The third-order valence-electron chi connectivity index (χ3n) is 6.87. The summed E-state index contributed by atoms with van der Waals surface area (Å²) in [6.45, 7) is 2.84. The number of benzene rings is 2. The molecule has 2 unspecified atom stereocenters. The van der Waals surface area contributed by atoms with Gasteiger partial charge in [-0.15, -0.1) is 0 Å². The van der Waals surface area contributed by atoms with Gasteiger partial charge in [0.2, 0.25) is 5.95 Å². The number of carbonyl (C=O) groups excluding carboxylic acids is 1. The van der Waals surface area contributed by atoms with Crippen LogP contribution in [0.1, 0.15) is 41.1 Å². The van der Waals surface area contributed by atoms with E-state index in [1.165, 1.54) is 35.5 Å². The van der Waals surface area contributed by atoms with Gasteiger partial charge >= 0.3 is 0 Å². The lowest BCUT2D eigenvalue weighted by molar-refractivity contribution is 0.0705. The molecule has 3 N–H and O–H groups in total. The van der Waals surface area contributed by atoms with Crippen LogP contribution in [0.2, 0.25) is 5.02 Å². The first-order chi connectivity index (χ1) is 16.6. The van der Waals surface area contributed by atoms with Crippen LogP contribution in [0.25, 0.3) is 11.1 Å². The number of nitrogens with zero attached hydrogens (tertiary/aromatic N) is 3. The topological polar surface area (TPSA) is 90.4 Å². The molecule has 2 aromatic carbocycles. The number of rotatable bonds is 7. The fourth-order valence-electron chi connectivity index (χ4n) is 4.68. The lowest BCUT2D eigenvalue weighted by Gasteiger charge is -2.32. The zero-order chi connectivity index (χ0) is 23.5. The quantitative estimate of drug-likeness (QED) is 0.347. The van der Waals surface area contributed by atoms with Crippen LogP contribution in [0.3, 0.4) is 0 Å². The third kappa shape index (κ3) is 5.22. The second kappa shape index (κ2) is 10.1. The fraction of sp³-hybridized carbons (Fsp3) is 0.346. The third-order valence-corrected chi connectivity index (χ3v) is 7.13. The first kappa shape index (κ1) is 22.8. The number of piperidine rings is 1. The van der Waals surface area contributed by atoms with E-state index in [0.717, 1.165) is 37.5 Å². The van der Waals surface area contributed by atoms with Crippen molar-refractivity contribution < 1.29 is 10.0 Å². The molecule has 7 nitrogen and oxygen atoms in total. The second-order valence-electron chi connectivity index (χ2n) is 9.13. The number of hydrogen-bond acceptors (Lipinski definition) is 6. The maximum absolute atomic E-state index is 11.4. The highest BCUT2D eigenvalue weighted by Gasteiger charge is 2.38. The molecular weight excluding hydrogens is 450 g/mol. The number of carbonyl (C=O) groups is 1. The van der Waals surface area contributed by atoms with Gasteiger partial charge in [-0.2, -0.15) is 0 Å². The van der Waals surface area contributed by atoms with Crippen molar-refractivity contribution in [2.45, 2.75) is 31.2 Å². The highest BCUT2D eigenvalue weighted by Crippen LogP contribution is 2.41. The predicted molar refractivity (Wildman–Crippen MR) is 132 cm³/mol. The molecule has 1 aliphatic heterocycles. The summed E-state index contributed by atoms with van der Waals surface area (Å²) in [5, 5.41) is 13.2. The summed E-state index contributed by atoms with van der Waals surface area (Å²) in [5.41, 5.74) is 5.64. The Kier molecular flexibility index (Phi) is 6.76. The zero-order valence-electron chi connectivity index (χ0n) is 18.8. The molecule has 176 valence electrons. The summed E-state index contributed by atoms with van der Waals surface area (Å²) in [4.78, 5) is 22.1. The number of amides is 1. The lowest BCUT2D eigenvalue weighted by Crippen LogP contribution is -2.38. The molecule has 2 heterocycles. The van der Waals surface area contributed by atoms with Crippen LogP contribution in [0.4, 0.5) is 5.95 Å². The molecule has 2 atom stereocenters. The Balaban J connectivity index is 1.06. The molecule has 34 heavy (non-hydrogen) atoms. The van der Waals surface area contributed by atoms with Crippen molar-refractivity contribution in [1.29, 1.82) is 0 Å². The van der Waals surface area contributed by atoms with Crippen molar-refractivity contribution >= 4 is 23.5 Å². The number of aromatic nitrogens is 2. The summed E-state index contributed by atoms with van der Waals surface area (Å²) in [5.74, 6) is 1.27. The molecule has 0 bridgehead atoms. The second-order valence-corrected chi connectivity index (χ2v) is 9.57. The predicted octanol–water partition coefficient (Wildman–Crippen LogP) is 4.28. The molecule has 1 saturated heterocycles. The van der Waals surface area contributed by atoms with Crippen LogP contribution < -0.4 is 15.7 Å². The average molecular weight is 478 g/mol. The van der Waals surface area contributed by atoms with E-state index in [-0.39, 0.29) is 5.56 Å². The highest BCUT2D eigenvalue weighted by molar-refractivity contribution is 6.30. The van der Waals surface area contributed by atoms with E-state index >= 15 is 0 Å². The molecule has 5 rings (SSSR count). The van der Waals surface area contributed by atoms with Gasteiger partial charge in [0, 0.05) is 42.5 Å². The van der Waals surface area contributed by atoms with Crippen LogP contribution in [0, 0.1) is 5.92 Å². The van der Waals surface area contributed by atoms with Gasteiger partial charge in [-0.3, -0.25) is 10.0 Å².